The number of carbonyl (C=O) groups excluding carboxylic acids is 1. The van der Waals surface area contributed by atoms with E-state index in [2.05, 4.69) is 10.6 Å². The van der Waals surface area contributed by atoms with E-state index in [1.54, 1.807) is 0 Å². The molecule has 2 aromatic carbocycles. The van der Waals surface area contributed by atoms with Gasteiger partial charge in [0.15, 0.2) is 0 Å². The maximum absolute atomic E-state index is 13.8. The van der Waals surface area contributed by atoms with Crippen molar-refractivity contribution in [3.63, 3.8) is 0 Å². The number of benzene rings is 2. The predicted molar refractivity (Wildman–Crippen MR) is 137 cm³/mol. The van der Waals surface area contributed by atoms with Crippen molar-refractivity contribution in [3.8, 4) is 5.75 Å². The van der Waals surface area contributed by atoms with E-state index in [0.717, 1.165) is 29.4 Å². The maximum Gasteiger partial charge on any atom is 0.220 e. The lowest BCUT2D eigenvalue weighted by molar-refractivity contribution is -0.122. The van der Waals surface area contributed by atoms with Gasteiger partial charge < -0.3 is 25.2 Å². The number of rotatable bonds is 4. The molecule has 2 aromatic rings. The molecule has 4 rings (SSSR count). The minimum absolute atomic E-state index is 0.0383. The number of amides is 1. The molecule has 0 aromatic heterocycles. The summed E-state index contributed by atoms with van der Waals surface area (Å²) in [6.07, 6.45) is 5.38. The van der Waals surface area contributed by atoms with Gasteiger partial charge in [-0.25, -0.2) is 8.78 Å². The third-order valence-electron chi connectivity index (χ3n) is 6.70. The third kappa shape index (κ3) is 7.60. The minimum atomic E-state index is -0.985. The van der Waals surface area contributed by atoms with Crippen molar-refractivity contribution in [1.82, 2.24) is 10.6 Å². The number of allylic oxidation sites excluding steroid dienone is 1. The highest BCUT2D eigenvalue weighted by Crippen LogP contribution is 2.42. The first-order valence-electron chi connectivity index (χ1n) is 13.0. The van der Waals surface area contributed by atoms with Crippen LogP contribution in [0.2, 0.25) is 0 Å². The van der Waals surface area contributed by atoms with Crippen LogP contribution in [-0.2, 0) is 16.0 Å². The lowest BCUT2D eigenvalue weighted by atomic mass is 9.99. The number of β-amino-alcohol motifs (C(OH)–C–C–N with tert-alkyl or cyclic N) is 1. The van der Waals surface area contributed by atoms with Gasteiger partial charge >= 0.3 is 0 Å². The average Bonchev–Trinajstić information content (AvgIpc) is 3.16. The summed E-state index contributed by atoms with van der Waals surface area (Å²) in [6, 6.07) is 8.46. The minimum Gasteiger partial charge on any atom is -0.491 e. The molecule has 3 N–H and O–H groups in total. The Balaban J connectivity index is 1.56. The number of fused-ring (bicyclic) bond motifs is 5. The largest absolute Gasteiger partial charge is 0.491 e. The SMILES string of the molecule is CC(C)Oc1ccc2c(c1)[C@@H]1C[C@H]2OCC=CCCCC(=O)N[C@@H](Cc2cc(F)cc(F)c2)[C@H](O)CN1. The topological polar surface area (TPSA) is 79.8 Å². The standard InChI is InChI=1S/C29H36F2N2O4/c1-18(2)37-22-8-9-23-24(15-22)25-16-28(23)36-10-6-4-3-5-7-29(35)33-26(27(34)17-32-25)13-19-11-20(30)14-21(31)12-19/h4,6,8-9,11-12,14-15,18,25-28,32,34H,3,5,7,10,13,16-17H2,1-2H3,(H,33,35)/t25-,26-,27+,28+/m0/s1. The summed E-state index contributed by atoms with van der Waals surface area (Å²) < 4.78 is 39.7. The summed E-state index contributed by atoms with van der Waals surface area (Å²) in [6.45, 7) is 4.60. The quantitative estimate of drug-likeness (QED) is 0.517. The maximum atomic E-state index is 13.8. The zero-order chi connectivity index (χ0) is 26.4. The summed E-state index contributed by atoms with van der Waals surface area (Å²) in [5.41, 5.74) is 2.51. The van der Waals surface area contributed by atoms with Crippen LogP contribution in [0.1, 0.15) is 68.4 Å². The molecule has 0 fully saturated rings. The van der Waals surface area contributed by atoms with Gasteiger partial charge in [-0.3, -0.25) is 4.79 Å². The average molecular weight is 515 g/mol. The van der Waals surface area contributed by atoms with Gasteiger partial charge in [-0.1, -0.05) is 18.2 Å². The van der Waals surface area contributed by atoms with Crippen LogP contribution in [0.25, 0.3) is 0 Å². The fourth-order valence-corrected chi connectivity index (χ4v) is 5.00. The molecule has 1 aliphatic carbocycles. The van der Waals surface area contributed by atoms with Gasteiger partial charge in [-0.05, 0) is 80.5 Å². The van der Waals surface area contributed by atoms with Crippen molar-refractivity contribution >= 4 is 5.91 Å². The number of aliphatic hydroxyl groups is 1. The molecule has 0 radical (unpaired) electrons. The van der Waals surface area contributed by atoms with Crippen LogP contribution in [0, 0.1) is 11.6 Å². The van der Waals surface area contributed by atoms with Crippen molar-refractivity contribution in [2.24, 2.45) is 0 Å². The molecule has 37 heavy (non-hydrogen) atoms. The first kappa shape index (κ1) is 27.2. The first-order valence-corrected chi connectivity index (χ1v) is 13.0. The second-order valence-corrected chi connectivity index (χ2v) is 10.1. The molecule has 0 spiro atoms. The smallest absolute Gasteiger partial charge is 0.220 e. The molecule has 4 atom stereocenters. The molecule has 1 aliphatic heterocycles. The van der Waals surface area contributed by atoms with Crippen molar-refractivity contribution in [2.75, 3.05) is 13.2 Å². The molecule has 8 heteroatoms. The molecule has 2 bridgehead atoms. The fourth-order valence-electron chi connectivity index (χ4n) is 5.00. The highest BCUT2D eigenvalue weighted by atomic mass is 19.1. The zero-order valence-electron chi connectivity index (χ0n) is 21.4. The van der Waals surface area contributed by atoms with E-state index in [9.17, 15) is 18.7 Å². The Hall–Kier alpha value is -2.81. The Kier molecular flexibility index (Phi) is 9.29. The van der Waals surface area contributed by atoms with Crippen LogP contribution < -0.4 is 15.4 Å². The van der Waals surface area contributed by atoms with Gasteiger partial charge in [0.05, 0.1) is 31.0 Å². The second-order valence-electron chi connectivity index (χ2n) is 10.1. The monoisotopic (exact) mass is 514 g/mol. The van der Waals surface area contributed by atoms with E-state index in [0.29, 0.717) is 25.0 Å². The number of hydrogen-bond acceptors (Lipinski definition) is 5. The van der Waals surface area contributed by atoms with Gasteiger partial charge in [0.1, 0.15) is 17.4 Å². The molecule has 0 saturated heterocycles. The first-order chi connectivity index (χ1) is 17.8. The Morgan fingerprint density at radius 1 is 1.11 bits per heavy atom. The van der Waals surface area contributed by atoms with Gasteiger partial charge in [-0.15, -0.1) is 0 Å². The van der Waals surface area contributed by atoms with Crippen LogP contribution in [0.15, 0.2) is 48.6 Å². The molecule has 6 nitrogen and oxygen atoms in total. The normalized spacial score (nSPS) is 25.1. The van der Waals surface area contributed by atoms with Crippen molar-refractivity contribution in [3.05, 3.63) is 76.9 Å². The van der Waals surface area contributed by atoms with Crippen LogP contribution in [0.3, 0.4) is 0 Å². The highest BCUT2D eigenvalue weighted by molar-refractivity contribution is 5.76. The van der Waals surface area contributed by atoms with E-state index in [1.165, 1.54) is 12.1 Å². The molecule has 200 valence electrons. The summed E-state index contributed by atoms with van der Waals surface area (Å²) in [7, 11) is 0. The van der Waals surface area contributed by atoms with Gasteiger partial charge in [0.2, 0.25) is 5.91 Å². The second kappa shape index (κ2) is 12.6. The highest BCUT2D eigenvalue weighted by Gasteiger charge is 2.33. The Bertz CT molecular complexity index is 1090. The Labute approximate surface area is 217 Å². The lowest BCUT2D eigenvalue weighted by Gasteiger charge is -2.26. The molecule has 2 aliphatic rings. The number of ether oxygens (including phenoxy) is 2. The van der Waals surface area contributed by atoms with Crippen molar-refractivity contribution in [1.29, 1.82) is 0 Å². The molecule has 1 heterocycles. The fraction of sp³-hybridized carbons (Fsp3) is 0.483. The van der Waals surface area contributed by atoms with Gasteiger partial charge in [0.25, 0.3) is 0 Å². The van der Waals surface area contributed by atoms with E-state index >= 15 is 0 Å². The summed E-state index contributed by atoms with van der Waals surface area (Å²) in [5, 5.41) is 17.4. The van der Waals surface area contributed by atoms with Crippen molar-refractivity contribution < 1.29 is 28.2 Å². The summed E-state index contributed by atoms with van der Waals surface area (Å²) >= 11 is 0. The lowest BCUT2D eigenvalue weighted by Crippen LogP contribution is -2.49. The van der Waals surface area contributed by atoms with E-state index in [-0.39, 0.29) is 43.5 Å². The summed E-state index contributed by atoms with van der Waals surface area (Å²) in [5.74, 6) is -0.825. The van der Waals surface area contributed by atoms with E-state index in [4.69, 9.17) is 9.47 Å². The Morgan fingerprint density at radius 3 is 2.65 bits per heavy atom. The van der Waals surface area contributed by atoms with E-state index < -0.39 is 23.8 Å². The molecule has 0 unspecified atom stereocenters. The van der Waals surface area contributed by atoms with Gasteiger partial charge in [-0.2, -0.15) is 0 Å². The molecular weight excluding hydrogens is 478 g/mol. The van der Waals surface area contributed by atoms with Crippen molar-refractivity contribution in [2.45, 2.75) is 76.3 Å². The Morgan fingerprint density at radius 2 is 1.89 bits per heavy atom. The number of hydrogen-bond donors (Lipinski definition) is 3. The van der Waals surface area contributed by atoms with Crippen LogP contribution in [-0.4, -0.2) is 42.4 Å². The third-order valence-corrected chi connectivity index (χ3v) is 6.70. The molecule has 0 saturated carbocycles. The van der Waals surface area contributed by atoms with Gasteiger partial charge in [0, 0.05) is 25.1 Å². The van der Waals surface area contributed by atoms with Crippen LogP contribution >= 0.6 is 0 Å². The number of carbonyl (C=O) groups is 1. The molecule has 1 amide bonds. The van der Waals surface area contributed by atoms with Crippen LogP contribution in [0.4, 0.5) is 8.78 Å². The van der Waals surface area contributed by atoms with Crippen LogP contribution in [0.5, 0.6) is 5.75 Å². The van der Waals surface area contributed by atoms with E-state index in [1.807, 2.05) is 44.2 Å². The predicted octanol–water partition coefficient (Wildman–Crippen LogP) is 4.67. The molecular formula is C29H36F2N2O4. The number of nitrogens with one attached hydrogen (secondary N) is 2. The summed E-state index contributed by atoms with van der Waals surface area (Å²) in [4.78, 5) is 12.6. The number of aliphatic hydroxyl groups excluding tert-OH is 1. The number of halogens is 2. The zero-order valence-corrected chi connectivity index (χ0v) is 21.4.